The maximum atomic E-state index is 11.8. The van der Waals surface area contributed by atoms with Crippen LogP contribution in [0.5, 0.6) is 0 Å². The molecule has 0 aromatic carbocycles. The molecule has 1 atom stereocenters. The lowest BCUT2D eigenvalue weighted by Gasteiger charge is -2.13. The molecule has 0 spiro atoms. The van der Waals surface area contributed by atoms with Crippen molar-refractivity contribution in [2.75, 3.05) is 0 Å². The standard InChI is InChI=1S/C13H21N3O2/c1-3-5-10(2)15-12(17)9-16-7-4-6-11(8-14)13(16)18/h4,6-7,10H,3,5,8-9,14H2,1-2H3,(H,15,17). The van der Waals surface area contributed by atoms with E-state index < -0.39 is 0 Å². The molecule has 5 nitrogen and oxygen atoms in total. The Labute approximate surface area is 107 Å². The lowest BCUT2D eigenvalue weighted by molar-refractivity contribution is -0.122. The van der Waals surface area contributed by atoms with Gasteiger partial charge < -0.3 is 15.6 Å². The van der Waals surface area contributed by atoms with Gasteiger partial charge in [-0.1, -0.05) is 19.4 Å². The average Bonchev–Trinajstić information content (AvgIpc) is 2.32. The van der Waals surface area contributed by atoms with Crippen LogP contribution in [0.4, 0.5) is 0 Å². The molecule has 0 saturated heterocycles. The molecule has 5 heteroatoms. The molecule has 0 aliphatic heterocycles. The lowest BCUT2D eigenvalue weighted by atomic mass is 10.2. The third-order valence-electron chi connectivity index (χ3n) is 2.76. The molecule has 18 heavy (non-hydrogen) atoms. The molecule has 0 aliphatic rings. The maximum absolute atomic E-state index is 11.8. The minimum absolute atomic E-state index is 0.0424. The van der Waals surface area contributed by atoms with E-state index in [-0.39, 0.29) is 30.6 Å². The zero-order valence-electron chi connectivity index (χ0n) is 11.0. The Morgan fingerprint density at radius 2 is 2.28 bits per heavy atom. The summed E-state index contributed by atoms with van der Waals surface area (Å²) in [5, 5.41) is 2.86. The zero-order valence-corrected chi connectivity index (χ0v) is 11.0. The fourth-order valence-corrected chi connectivity index (χ4v) is 1.85. The highest BCUT2D eigenvalue weighted by Crippen LogP contribution is 1.95. The van der Waals surface area contributed by atoms with Crippen LogP contribution in [0.3, 0.4) is 0 Å². The third-order valence-corrected chi connectivity index (χ3v) is 2.76. The zero-order chi connectivity index (χ0) is 13.5. The number of rotatable bonds is 6. The Balaban J connectivity index is 2.68. The summed E-state index contributed by atoms with van der Waals surface area (Å²) in [6.07, 6.45) is 3.55. The van der Waals surface area contributed by atoms with Gasteiger partial charge in [-0.25, -0.2) is 0 Å². The minimum atomic E-state index is -0.196. The average molecular weight is 251 g/mol. The Morgan fingerprint density at radius 1 is 1.56 bits per heavy atom. The molecule has 0 saturated carbocycles. The predicted octanol–water partition coefficient (Wildman–Crippen LogP) is 0.612. The Hall–Kier alpha value is -1.62. The number of hydrogen-bond acceptors (Lipinski definition) is 3. The Kier molecular flexibility index (Phi) is 5.58. The fraction of sp³-hybridized carbons (Fsp3) is 0.538. The van der Waals surface area contributed by atoms with Crippen molar-refractivity contribution in [3.63, 3.8) is 0 Å². The topological polar surface area (TPSA) is 77.1 Å². The molecule has 100 valence electrons. The minimum Gasteiger partial charge on any atom is -0.352 e. The summed E-state index contributed by atoms with van der Waals surface area (Å²) >= 11 is 0. The summed E-state index contributed by atoms with van der Waals surface area (Å²) in [5.41, 5.74) is 5.78. The molecule has 0 fully saturated rings. The van der Waals surface area contributed by atoms with E-state index in [4.69, 9.17) is 5.73 Å². The Morgan fingerprint density at radius 3 is 2.89 bits per heavy atom. The van der Waals surface area contributed by atoms with Crippen molar-refractivity contribution in [3.8, 4) is 0 Å². The highest BCUT2D eigenvalue weighted by atomic mass is 16.2. The first-order valence-electron chi connectivity index (χ1n) is 6.26. The van der Waals surface area contributed by atoms with Crippen molar-refractivity contribution >= 4 is 5.91 Å². The van der Waals surface area contributed by atoms with Gasteiger partial charge in [0.05, 0.1) is 0 Å². The summed E-state index contributed by atoms with van der Waals surface area (Å²) in [7, 11) is 0. The van der Waals surface area contributed by atoms with Crippen LogP contribution in [-0.4, -0.2) is 16.5 Å². The lowest BCUT2D eigenvalue weighted by Crippen LogP contribution is -2.37. The molecule has 1 aromatic rings. The van der Waals surface area contributed by atoms with E-state index in [2.05, 4.69) is 12.2 Å². The number of carbonyl (C=O) groups excluding carboxylic acids is 1. The van der Waals surface area contributed by atoms with Gasteiger partial charge in [-0.2, -0.15) is 0 Å². The van der Waals surface area contributed by atoms with Crippen molar-refractivity contribution in [1.29, 1.82) is 0 Å². The quantitative estimate of drug-likeness (QED) is 0.777. The molecule has 0 bridgehead atoms. The van der Waals surface area contributed by atoms with Crippen LogP contribution >= 0.6 is 0 Å². The summed E-state index contributed by atoms with van der Waals surface area (Å²) in [5.74, 6) is -0.146. The van der Waals surface area contributed by atoms with E-state index in [1.54, 1.807) is 18.3 Å². The van der Waals surface area contributed by atoms with Gasteiger partial charge >= 0.3 is 0 Å². The molecule has 0 radical (unpaired) electrons. The molecule has 3 N–H and O–H groups in total. The largest absolute Gasteiger partial charge is 0.352 e. The van der Waals surface area contributed by atoms with Crippen molar-refractivity contribution in [3.05, 3.63) is 34.2 Å². The van der Waals surface area contributed by atoms with Gasteiger partial charge in [0.25, 0.3) is 5.56 Å². The van der Waals surface area contributed by atoms with Crippen LogP contribution in [0.15, 0.2) is 23.1 Å². The SMILES string of the molecule is CCCC(C)NC(=O)Cn1cccc(CN)c1=O. The fourth-order valence-electron chi connectivity index (χ4n) is 1.85. The van der Waals surface area contributed by atoms with Gasteiger partial charge in [0.15, 0.2) is 0 Å². The molecule has 0 aliphatic carbocycles. The smallest absolute Gasteiger partial charge is 0.255 e. The van der Waals surface area contributed by atoms with Crippen LogP contribution in [0.2, 0.25) is 0 Å². The monoisotopic (exact) mass is 251 g/mol. The van der Waals surface area contributed by atoms with E-state index in [1.165, 1.54) is 4.57 Å². The highest BCUT2D eigenvalue weighted by molar-refractivity contribution is 5.76. The van der Waals surface area contributed by atoms with Gasteiger partial charge in [-0.15, -0.1) is 0 Å². The van der Waals surface area contributed by atoms with Crippen LogP contribution in [0.25, 0.3) is 0 Å². The number of nitrogens with zero attached hydrogens (tertiary/aromatic N) is 1. The Bertz CT molecular complexity index is 454. The van der Waals surface area contributed by atoms with Gasteiger partial charge in [0.1, 0.15) is 6.54 Å². The number of carbonyl (C=O) groups is 1. The number of aromatic nitrogens is 1. The summed E-state index contributed by atoms with van der Waals surface area (Å²) in [6.45, 7) is 4.26. The first-order valence-corrected chi connectivity index (χ1v) is 6.26. The third kappa shape index (κ3) is 4.00. The summed E-state index contributed by atoms with van der Waals surface area (Å²) in [6, 6.07) is 3.54. The number of nitrogens with two attached hydrogens (primary N) is 1. The van der Waals surface area contributed by atoms with E-state index in [0.29, 0.717) is 5.56 Å². The van der Waals surface area contributed by atoms with Gasteiger partial charge in [-0.3, -0.25) is 9.59 Å². The normalized spacial score (nSPS) is 12.2. The first-order chi connectivity index (χ1) is 8.58. The molecule has 1 rings (SSSR count). The molecule has 1 amide bonds. The van der Waals surface area contributed by atoms with E-state index in [9.17, 15) is 9.59 Å². The van der Waals surface area contributed by atoms with Crippen molar-refractivity contribution in [2.24, 2.45) is 5.73 Å². The van der Waals surface area contributed by atoms with Crippen LogP contribution < -0.4 is 16.6 Å². The van der Waals surface area contributed by atoms with Crippen molar-refractivity contribution < 1.29 is 4.79 Å². The number of amides is 1. The van der Waals surface area contributed by atoms with Crippen LogP contribution in [0, 0.1) is 0 Å². The predicted molar refractivity (Wildman–Crippen MR) is 71.1 cm³/mol. The molecule has 1 aromatic heterocycles. The van der Waals surface area contributed by atoms with Crippen LogP contribution in [0.1, 0.15) is 32.3 Å². The van der Waals surface area contributed by atoms with E-state index in [1.807, 2.05) is 6.92 Å². The van der Waals surface area contributed by atoms with Crippen molar-refractivity contribution in [2.45, 2.75) is 45.8 Å². The maximum Gasteiger partial charge on any atom is 0.255 e. The molecular formula is C13H21N3O2. The number of hydrogen-bond donors (Lipinski definition) is 2. The van der Waals surface area contributed by atoms with Gasteiger partial charge in [0, 0.05) is 24.3 Å². The highest BCUT2D eigenvalue weighted by Gasteiger charge is 2.09. The second kappa shape index (κ2) is 6.96. The van der Waals surface area contributed by atoms with E-state index >= 15 is 0 Å². The molecule has 1 unspecified atom stereocenters. The number of nitrogens with one attached hydrogen (secondary N) is 1. The molecule has 1 heterocycles. The van der Waals surface area contributed by atoms with Crippen LogP contribution in [-0.2, 0) is 17.9 Å². The second-order valence-corrected chi connectivity index (χ2v) is 4.43. The van der Waals surface area contributed by atoms with Gasteiger partial charge in [0.2, 0.25) is 5.91 Å². The van der Waals surface area contributed by atoms with Gasteiger partial charge in [-0.05, 0) is 19.4 Å². The first kappa shape index (κ1) is 14.4. The van der Waals surface area contributed by atoms with Crippen molar-refractivity contribution in [1.82, 2.24) is 9.88 Å². The van der Waals surface area contributed by atoms with E-state index in [0.717, 1.165) is 12.8 Å². The summed E-state index contributed by atoms with van der Waals surface area (Å²) < 4.78 is 1.39. The summed E-state index contributed by atoms with van der Waals surface area (Å²) in [4.78, 5) is 23.6. The second-order valence-electron chi connectivity index (χ2n) is 4.43. The molecular weight excluding hydrogens is 230 g/mol. The number of pyridine rings is 1.